The summed E-state index contributed by atoms with van der Waals surface area (Å²) in [5, 5.41) is 11.2. The van der Waals surface area contributed by atoms with Gasteiger partial charge in [-0.15, -0.1) is 0 Å². The molecule has 1 N–H and O–H groups in total. The molecule has 1 heterocycles. The van der Waals surface area contributed by atoms with Gasteiger partial charge in [0, 0.05) is 17.1 Å². The van der Waals surface area contributed by atoms with Crippen LogP contribution in [0.25, 0.3) is 0 Å². The molecule has 3 rings (SSSR count). The van der Waals surface area contributed by atoms with Crippen LogP contribution in [0.1, 0.15) is 37.4 Å². The summed E-state index contributed by atoms with van der Waals surface area (Å²) in [5.41, 5.74) is 2.00. The molecule has 2 aromatic rings. The lowest BCUT2D eigenvalue weighted by Crippen LogP contribution is -2.31. The Labute approximate surface area is 187 Å². The Morgan fingerprint density at radius 1 is 1.13 bits per heavy atom. The molecule has 0 saturated heterocycles. The van der Waals surface area contributed by atoms with Crippen molar-refractivity contribution in [3.05, 3.63) is 63.9 Å². The van der Waals surface area contributed by atoms with E-state index in [2.05, 4.69) is 0 Å². The number of carbonyl (C=O) groups excluding carboxylic acids is 2. The number of rotatable bonds is 7. The van der Waals surface area contributed by atoms with E-state index in [0.717, 1.165) is 5.56 Å². The highest BCUT2D eigenvalue weighted by Crippen LogP contribution is 2.45. The van der Waals surface area contributed by atoms with Gasteiger partial charge in [0.05, 0.1) is 25.8 Å². The SMILES string of the molecule is COc1ccc(C2C(C(=O)CC(C)C)=C(O)C(=O)N2c2cc(Cl)ccc2C)cc1OC. The van der Waals surface area contributed by atoms with E-state index in [4.69, 9.17) is 21.1 Å². The van der Waals surface area contributed by atoms with Gasteiger partial charge < -0.3 is 14.6 Å². The van der Waals surface area contributed by atoms with Crippen molar-refractivity contribution < 1.29 is 24.2 Å². The molecule has 0 radical (unpaired) electrons. The lowest BCUT2D eigenvalue weighted by Gasteiger charge is -2.29. The molecule has 6 nitrogen and oxygen atoms in total. The monoisotopic (exact) mass is 443 g/mol. The van der Waals surface area contributed by atoms with Gasteiger partial charge in [-0.2, -0.15) is 0 Å². The van der Waals surface area contributed by atoms with Crippen LogP contribution >= 0.6 is 11.6 Å². The molecule has 31 heavy (non-hydrogen) atoms. The lowest BCUT2D eigenvalue weighted by molar-refractivity contribution is -0.118. The number of anilines is 1. The first kappa shape index (κ1) is 22.7. The van der Waals surface area contributed by atoms with Crippen molar-refractivity contribution >= 4 is 29.0 Å². The molecule has 0 bridgehead atoms. The third kappa shape index (κ3) is 4.26. The van der Waals surface area contributed by atoms with E-state index < -0.39 is 17.7 Å². The third-order valence-corrected chi connectivity index (χ3v) is 5.49. The van der Waals surface area contributed by atoms with E-state index >= 15 is 0 Å². The molecule has 1 amide bonds. The van der Waals surface area contributed by atoms with Gasteiger partial charge in [0.1, 0.15) is 0 Å². The summed E-state index contributed by atoms with van der Waals surface area (Å²) in [6.45, 7) is 5.67. The van der Waals surface area contributed by atoms with Crippen molar-refractivity contribution in [1.82, 2.24) is 0 Å². The Morgan fingerprint density at radius 2 is 1.81 bits per heavy atom. The summed E-state index contributed by atoms with van der Waals surface area (Å²) >= 11 is 6.21. The standard InChI is InChI=1S/C24H26ClNO5/c1-13(2)10-18(27)21-22(15-7-9-19(30-4)20(11-15)31-5)26(24(29)23(21)28)17-12-16(25)8-6-14(17)3/h6-9,11-13,22,28H,10H2,1-5H3. The molecule has 1 atom stereocenters. The van der Waals surface area contributed by atoms with E-state index in [1.165, 1.54) is 19.1 Å². The topological polar surface area (TPSA) is 76.1 Å². The second-order valence-corrected chi connectivity index (χ2v) is 8.34. The van der Waals surface area contributed by atoms with Gasteiger partial charge in [-0.25, -0.2) is 0 Å². The fourth-order valence-electron chi connectivity index (χ4n) is 3.80. The Kier molecular flexibility index (Phi) is 6.60. The van der Waals surface area contributed by atoms with Gasteiger partial charge in [0.2, 0.25) is 0 Å². The highest BCUT2D eigenvalue weighted by molar-refractivity contribution is 6.31. The molecule has 1 unspecified atom stereocenters. The molecule has 7 heteroatoms. The number of ketones is 1. The number of aliphatic hydroxyl groups is 1. The molecular weight excluding hydrogens is 418 g/mol. The van der Waals surface area contributed by atoms with Gasteiger partial charge in [-0.05, 0) is 48.2 Å². The summed E-state index contributed by atoms with van der Waals surface area (Å²) < 4.78 is 10.7. The number of ether oxygens (including phenoxy) is 2. The van der Waals surface area contributed by atoms with Crippen LogP contribution in [0, 0.1) is 12.8 Å². The Balaban J connectivity index is 2.23. The number of nitrogens with zero attached hydrogens (tertiary/aromatic N) is 1. The molecule has 0 aromatic heterocycles. The van der Waals surface area contributed by atoms with Crippen LogP contribution in [-0.2, 0) is 9.59 Å². The molecule has 0 spiro atoms. The van der Waals surface area contributed by atoms with E-state index in [-0.39, 0.29) is 23.7 Å². The molecule has 164 valence electrons. The van der Waals surface area contributed by atoms with Crippen LogP contribution in [0.2, 0.25) is 5.02 Å². The number of Topliss-reactive ketones (excluding diaryl/α,β-unsaturated/α-hetero) is 1. The van der Waals surface area contributed by atoms with Crippen molar-refractivity contribution in [2.45, 2.75) is 33.2 Å². The molecule has 1 aliphatic heterocycles. The van der Waals surface area contributed by atoms with Crippen LogP contribution in [0.3, 0.4) is 0 Å². The smallest absolute Gasteiger partial charge is 0.294 e. The summed E-state index contributed by atoms with van der Waals surface area (Å²) in [6, 6.07) is 9.54. The predicted molar refractivity (Wildman–Crippen MR) is 120 cm³/mol. The molecular formula is C24H26ClNO5. The predicted octanol–water partition coefficient (Wildman–Crippen LogP) is 5.18. The second-order valence-electron chi connectivity index (χ2n) is 7.91. The largest absolute Gasteiger partial charge is 0.503 e. The van der Waals surface area contributed by atoms with Crippen LogP contribution in [-0.4, -0.2) is 31.0 Å². The molecule has 1 aliphatic rings. The van der Waals surface area contributed by atoms with Crippen molar-refractivity contribution in [2.24, 2.45) is 5.92 Å². The molecule has 0 saturated carbocycles. The summed E-state index contributed by atoms with van der Waals surface area (Å²) in [7, 11) is 3.04. The summed E-state index contributed by atoms with van der Waals surface area (Å²) in [5.74, 6) is -0.414. The number of hydrogen-bond acceptors (Lipinski definition) is 5. The van der Waals surface area contributed by atoms with Gasteiger partial charge in [-0.1, -0.05) is 37.6 Å². The number of aryl methyl sites for hydroxylation is 1. The van der Waals surface area contributed by atoms with Gasteiger partial charge in [-0.3, -0.25) is 14.5 Å². The maximum Gasteiger partial charge on any atom is 0.294 e. The first-order valence-electron chi connectivity index (χ1n) is 9.97. The molecule has 2 aromatic carbocycles. The number of aliphatic hydroxyl groups excluding tert-OH is 1. The van der Waals surface area contributed by atoms with E-state index in [9.17, 15) is 14.7 Å². The molecule has 0 fully saturated rings. The minimum absolute atomic E-state index is 0.0657. The lowest BCUT2D eigenvalue weighted by atomic mass is 9.91. The van der Waals surface area contributed by atoms with E-state index in [1.807, 2.05) is 20.8 Å². The normalized spacial score (nSPS) is 16.3. The van der Waals surface area contributed by atoms with Gasteiger partial charge >= 0.3 is 0 Å². The zero-order chi connectivity index (χ0) is 22.9. The zero-order valence-electron chi connectivity index (χ0n) is 18.2. The Hall–Kier alpha value is -2.99. The third-order valence-electron chi connectivity index (χ3n) is 5.26. The number of benzene rings is 2. The van der Waals surface area contributed by atoms with E-state index in [0.29, 0.717) is 27.8 Å². The second kappa shape index (κ2) is 9.02. The fourth-order valence-corrected chi connectivity index (χ4v) is 3.97. The Bertz CT molecular complexity index is 1060. The summed E-state index contributed by atoms with van der Waals surface area (Å²) in [6.07, 6.45) is 0.207. The maximum atomic E-state index is 13.2. The quantitative estimate of drug-likeness (QED) is 0.638. The van der Waals surface area contributed by atoms with Crippen molar-refractivity contribution in [3.63, 3.8) is 0 Å². The highest BCUT2D eigenvalue weighted by Gasteiger charge is 2.45. The van der Waals surface area contributed by atoms with Crippen molar-refractivity contribution in [3.8, 4) is 11.5 Å². The van der Waals surface area contributed by atoms with Crippen LogP contribution < -0.4 is 14.4 Å². The van der Waals surface area contributed by atoms with Crippen LogP contribution in [0.5, 0.6) is 11.5 Å². The average molecular weight is 444 g/mol. The Morgan fingerprint density at radius 3 is 2.42 bits per heavy atom. The number of carbonyl (C=O) groups is 2. The maximum absolute atomic E-state index is 13.2. The highest BCUT2D eigenvalue weighted by atomic mass is 35.5. The van der Waals surface area contributed by atoms with Crippen molar-refractivity contribution in [1.29, 1.82) is 0 Å². The van der Waals surface area contributed by atoms with Gasteiger partial charge in [0.25, 0.3) is 5.91 Å². The first-order chi connectivity index (χ1) is 14.7. The minimum atomic E-state index is -0.823. The number of halogens is 1. The van der Waals surface area contributed by atoms with Crippen LogP contribution in [0.4, 0.5) is 5.69 Å². The number of hydrogen-bond donors (Lipinski definition) is 1. The zero-order valence-corrected chi connectivity index (χ0v) is 19.0. The fraction of sp³-hybridized carbons (Fsp3) is 0.333. The molecule has 0 aliphatic carbocycles. The minimum Gasteiger partial charge on any atom is -0.503 e. The number of methoxy groups -OCH3 is 2. The number of amides is 1. The van der Waals surface area contributed by atoms with Gasteiger partial charge in [0.15, 0.2) is 23.0 Å². The van der Waals surface area contributed by atoms with Crippen LogP contribution in [0.15, 0.2) is 47.7 Å². The first-order valence-corrected chi connectivity index (χ1v) is 10.3. The van der Waals surface area contributed by atoms with E-state index in [1.54, 1.807) is 36.4 Å². The summed E-state index contributed by atoms with van der Waals surface area (Å²) in [4.78, 5) is 27.7. The average Bonchev–Trinajstić information content (AvgIpc) is 2.99. The van der Waals surface area contributed by atoms with Crippen molar-refractivity contribution in [2.75, 3.05) is 19.1 Å².